The standard InChI is InChI=1S/C18H14F4N4O2/c1-9-16(28-8-23-9)17(27)24-11-4-5-13(12(19)6-11)26-14(10-2-3-10)7-15(25-26)18(20,21)22/h4-8,10H,2-3H2,1H3,(H,24,27). The van der Waals surface area contributed by atoms with Gasteiger partial charge in [-0.25, -0.2) is 14.1 Å². The van der Waals surface area contributed by atoms with E-state index in [1.165, 1.54) is 12.1 Å². The molecule has 6 nitrogen and oxygen atoms in total. The van der Waals surface area contributed by atoms with Crippen LogP contribution in [0.25, 0.3) is 5.69 Å². The SMILES string of the molecule is Cc1ncoc1C(=O)Nc1ccc(-n2nc(C(F)(F)F)cc2C2CC2)c(F)c1. The number of aromatic nitrogens is 3. The zero-order valence-electron chi connectivity index (χ0n) is 14.5. The van der Waals surface area contributed by atoms with Crippen molar-refractivity contribution in [2.45, 2.75) is 31.9 Å². The molecule has 1 amide bonds. The first-order valence-corrected chi connectivity index (χ1v) is 8.42. The summed E-state index contributed by atoms with van der Waals surface area (Å²) >= 11 is 0. The van der Waals surface area contributed by atoms with Crippen LogP contribution in [0.2, 0.25) is 0 Å². The first kappa shape index (κ1) is 18.2. The van der Waals surface area contributed by atoms with Gasteiger partial charge in [0, 0.05) is 17.3 Å². The fourth-order valence-electron chi connectivity index (χ4n) is 2.86. The Morgan fingerprint density at radius 2 is 2.04 bits per heavy atom. The molecule has 0 unspecified atom stereocenters. The number of carbonyl (C=O) groups excluding carboxylic acids is 1. The van der Waals surface area contributed by atoms with Crippen molar-refractivity contribution in [2.75, 3.05) is 5.32 Å². The monoisotopic (exact) mass is 394 g/mol. The Morgan fingerprint density at radius 1 is 1.29 bits per heavy atom. The van der Waals surface area contributed by atoms with Crippen LogP contribution >= 0.6 is 0 Å². The van der Waals surface area contributed by atoms with Crippen molar-refractivity contribution in [2.24, 2.45) is 0 Å². The van der Waals surface area contributed by atoms with E-state index in [0.29, 0.717) is 11.4 Å². The molecular weight excluding hydrogens is 380 g/mol. The van der Waals surface area contributed by atoms with Crippen LogP contribution in [-0.2, 0) is 6.18 Å². The Balaban J connectivity index is 1.64. The number of amides is 1. The van der Waals surface area contributed by atoms with Gasteiger partial charge in [-0.05, 0) is 44.0 Å². The molecule has 0 spiro atoms. The van der Waals surface area contributed by atoms with E-state index < -0.39 is 23.6 Å². The number of alkyl halides is 3. The minimum atomic E-state index is -4.62. The lowest BCUT2D eigenvalue weighted by Crippen LogP contribution is -2.13. The number of hydrogen-bond acceptors (Lipinski definition) is 4. The Kier molecular flexibility index (Phi) is 4.20. The average Bonchev–Trinajstić information content (AvgIpc) is 3.20. The van der Waals surface area contributed by atoms with E-state index in [1.54, 1.807) is 6.92 Å². The molecule has 1 fully saturated rings. The van der Waals surface area contributed by atoms with Crippen molar-refractivity contribution in [3.05, 3.63) is 59.3 Å². The third kappa shape index (κ3) is 3.37. The van der Waals surface area contributed by atoms with Crippen LogP contribution in [0.3, 0.4) is 0 Å². The van der Waals surface area contributed by atoms with E-state index in [4.69, 9.17) is 4.42 Å². The van der Waals surface area contributed by atoms with Gasteiger partial charge in [0.25, 0.3) is 5.91 Å². The predicted molar refractivity (Wildman–Crippen MR) is 89.7 cm³/mol. The van der Waals surface area contributed by atoms with Crippen LogP contribution < -0.4 is 5.32 Å². The molecule has 2 aromatic heterocycles. The molecule has 1 aliphatic carbocycles. The third-order valence-electron chi connectivity index (χ3n) is 4.41. The summed E-state index contributed by atoms with van der Waals surface area (Å²) in [6.45, 7) is 1.58. The number of aryl methyl sites for hydroxylation is 1. The number of carbonyl (C=O) groups is 1. The summed E-state index contributed by atoms with van der Waals surface area (Å²) in [4.78, 5) is 15.9. The largest absolute Gasteiger partial charge is 0.438 e. The van der Waals surface area contributed by atoms with Crippen molar-refractivity contribution in [1.82, 2.24) is 14.8 Å². The van der Waals surface area contributed by atoms with Gasteiger partial charge in [-0.2, -0.15) is 18.3 Å². The van der Waals surface area contributed by atoms with Crippen LogP contribution in [0.5, 0.6) is 0 Å². The second kappa shape index (κ2) is 6.47. The molecule has 10 heteroatoms. The predicted octanol–water partition coefficient (Wildman–Crippen LogP) is 4.46. The maximum atomic E-state index is 14.6. The number of nitrogens with zero attached hydrogens (tertiary/aromatic N) is 3. The molecule has 1 saturated carbocycles. The minimum Gasteiger partial charge on any atom is -0.438 e. The lowest BCUT2D eigenvalue weighted by atomic mass is 10.2. The van der Waals surface area contributed by atoms with Crippen molar-refractivity contribution in [3.63, 3.8) is 0 Å². The molecule has 0 saturated heterocycles. The van der Waals surface area contributed by atoms with Crippen molar-refractivity contribution in [1.29, 1.82) is 0 Å². The van der Waals surface area contributed by atoms with Crippen molar-refractivity contribution < 1.29 is 26.8 Å². The second-order valence-electron chi connectivity index (χ2n) is 6.53. The van der Waals surface area contributed by atoms with E-state index in [0.717, 1.165) is 36.0 Å². The number of hydrogen-bond donors (Lipinski definition) is 1. The Morgan fingerprint density at radius 3 is 2.61 bits per heavy atom. The topological polar surface area (TPSA) is 73.0 Å². The summed E-state index contributed by atoms with van der Waals surface area (Å²) in [6, 6.07) is 4.63. The number of nitrogens with one attached hydrogen (secondary N) is 1. The molecule has 1 N–H and O–H groups in total. The summed E-state index contributed by atoms with van der Waals surface area (Å²) in [5.41, 5.74) is -0.364. The molecule has 1 aliphatic rings. The highest BCUT2D eigenvalue weighted by Crippen LogP contribution is 2.43. The Labute approximate surface area is 156 Å². The number of anilines is 1. The lowest BCUT2D eigenvalue weighted by molar-refractivity contribution is -0.141. The van der Waals surface area contributed by atoms with Crippen LogP contribution in [0, 0.1) is 12.7 Å². The molecule has 3 aromatic rings. The molecule has 4 rings (SSSR count). The van der Waals surface area contributed by atoms with Crippen LogP contribution in [0.1, 0.15) is 46.4 Å². The highest BCUT2D eigenvalue weighted by atomic mass is 19.4. The van der Waals surface area contributed by atoms with Crippen molar-refractivity contribution in [3.8, 4) is 5.69 Å². The van der Waals surface area contributed by atoms with Gasteiger partial charge in [-0.15, -0.1) is 0 Å². The van der Waals surface area contributed by atoms with Crippen LogP contribution in [0.4, 0.5) is 23.2 Å². The molecule has 0 aliphatic heterocycles. The van der Waals surface area contributed by atoms with E-state index >= 15 is 0 Å². The molecular formula is C18H14F4N4O2. The normalized spacial score (nSPS) is 14.3. The number of benzene rings is 1. The molecule has 0 atom stereocenters. The lowest BCUT2D eigenvalue weighted by Gasteiger charge is -2.10. The fourth-order valence-corrected chi connectivity index (χ4v) is 2.86. The molecule has 2 heterocycles. The van der Waals surface area contributed by atoms with Gasteiger partial charge in [0.15, 0.2) is 17.9 Å². The molecule has 28 heavy (non-hydrogen) atoms. The smallest absolute Gasteiger partial charge is 0.435 e. The third-order valence-corrected chi connectivity index (χ3v) is 4.41. The summed E-state index contributed by atoms with van der Waals surface area (Å²) in [5.74, 6) is -1.51. The highest BCUT2D eigenvalue weighted by Gasteiger charge is 2.38. The van der Waals surface area contributed by atoms with E-state index in [2.05, 4.69) is 15.4 Å². The van der Waals surface area contributed by atoms with Gasteiger partial charge >= 0.3 is 6.18 Å². The highest BCUT2D eigenvalue weighted by molar-refractivity contribution is 6.02. The van der Waals surface area contributed by atoms with Crippen LogP contribution in [-0.4, -0.2) is 20.7 Å². The van der Waals surface area contributed by atoms with Gasteiger partial charge < -0.3 is 9.73 Å². The number of halogens is 4. The number of oxazole rings is 1. The van der Waals surface area contributed by atoms with Gasteiger partial charge in [-0.3, -0.25) is 4.79 Å². The van der Waals surface area contributed by atoms with Gasteiger partial charge in [-0.1, -0.05) is 0 Å². The summed E-state index contributed by atoms with van der Waals surface area (Å²) in [5, 5.41) is 6.02. The van der Waals surface area contributed by atoms with Gasteiger partial charge in [0.2, 0.25) is 5.76 Å². The molecule has 0 radical (unpaired) electrons. The van der Waals surface area contributed by atoms with E-state index in [1.807, 2.05) is 0 Å². The van der Waals surface area contributed by atoms with Gasteiger partial charge in [0.1, 0.15) is 5.69 Å². The Bertz CT molecular complexity index is 1050. The zero-order valence-corrected chi connectivity index (χ0v) is 14.5. The molecule has 146 valence electrons. The van der Waals surface area contributed by atoms with Crippen LogP contribution in [0.15, 0.2) is 35.1 Å². The maximum Gasteiger partial charge on any atom is 0.435 e. The Hall–Kier alpha value is -3.17. The van der Waals surface area contributed by atoms with Crippen molar-refractivity contribution >= 4 is 11.6 Å². The average molecular weight is 394 g/mol. The quantitative estimate of drug-likeness (QED) is 0.664. The molecule has 1 aromatic carbocycles. The minimum absolute atomic E-state index is 0.0117. The van der Waals surface area contributed by atoms with E-state index in [-0.39, 0.29) is 23.1 Å². The fraction of sp³-hybridized carbons (Fsp3) is 0.278. The van der Waals surface area contributed by atoms with E-state index in [9.17, 15) is 22.4 Å². The summed E-state index contributed by atoms with van der Waals surface area (Å²) in [7, 11) is 0. The maximum absolute atomic E-state index is 14.6. The molecule has 0 bridgehead atoms. The number of rotatable bonds is 4. The second-order valence-corrected chi connectivity index (χ2v) is 6.53. The first-order valence-electron chi connectivity index (χ1n) is 8.42. The summed E-state index contributed by atoms with van der Waals surface area (Å²) < 4.78 is 59.7. The zero-order chi connectivity index (χ0) is 20.1. The van der Waals surface area contributed by atoms with Gasteiger partial charge in [0.05, 0.1) is 5.69 Å². The summed E-state index contributed by atoms with van der Waals surface area (Å²) in [6.07, 6.45) is -2.04. The first-order chi connectivity index (χ1) is 13.2.